The van der Waals surface area contributed by atoms with Crippen molar-refractivity contribution >= 4 is 28.3 Å². The van der Waals surface area contributed by atoms with Crippen LogP contribution in [0.3, 0.4) is 0 Å². The summed E-state index contributed by atoms with van der Waals surface area (Å²) in [4.78, 5) is 16.4. The summed E-state index contributed by atoms with van der Waals surface area (Å²) in [5.74, 6) is -0.107. The first kappa shape index (κ1) is 13.3. The number of amides is 1. The number of carbonyl (C=O) groups excluding carboxylic acids is 1. The Labute approximate surface area is 122 Å². The van der Waals surface area contributed by atoms with Gasteiger partial charge in [-0.3, -0.25) is 4.79 Å². The number of halogens is 1. The van der Waals surface area contributed by atoms with E-state index in [4.69, 9.17) is 16.3 Å². The molecule has 0 aliphatic heterocycles. The van der Waals surface area contributed by atoms with E-state index in [1.54, 1.807) is 7.11 Å². The highest BCUT2D eigenvalue weighted by Crippen LogP contribution is 2.26. The molecule has 0 atom stereocenters. The first-order chi connectivity index (χ1) is 9.69. The fraction of sp³-hybridized carbons (Fsp3) is 0.333. The maximum atomic E-state index is 12.3. The van der Waals surface area contributed by atoms with Crippen LogP contribution >= 0.6 is 11.6 Å². The van der Waals surface area contributed by atoms with E-state index in [-0.39, 0.29) is 18.1 Å². The zero-order chi connectivity index (χ0) is 14.1. The van der Waals surface area contributed by atoms with Crippen molar-refractivity contribution in [2.45, 2.75) is 25.0 Å². The van der Waals surface area contributed by atoms with Crippen LogP contribution < -0.4 is 5.32 Å². The number of nitrogens with zero attached hydrogens (tertiary/aromatic N) is 1. The van der Waals surface area contributed by atoms with E-state index in [9.17, 15) is 4.79 Å². The molecular formula is C15H15ClN2O2. The molecule has 0 bridgehead atoms. The fourth-order valence-electron chi connectivity index (χ4n) is 2.48. The first-order valence-corrected chi connectivity index (χ1v) is 6.93. The van der Waals surface area contributed by atoms with Crippen LogP contribution in [0.1, 0.15) is 23.2 Å². The number of benzene rings is 1. The quantitative estimate of drug-likeness (QED) is 0.885. The lowest BCUT2D eigenvalue weighted by atomic mass is 9.89. The number of fused-ring (bicyclic) bond motifs is 1. The Hall–Kier alpha value is -1.65. The minimum atomic E-state index is -0.107. The Balaban J connectivity index is 1.83. The molecule has 1 aromatic carbocycles. The van der Waals surface area contributed by atoms with Crippen molar-refractivity contribution in [1.29, 1.82) is 0 Å². The lowest BCUT2D eigenvalue weighted by molar-refractivity contribution is 0.0176. The van der Waals surface area contributed by atoms with Crippen LogP contribution in [-0.4, -0.2) is 30.1 Å². The van der Waals surface area contributed by atoms with Crippen LogP contribution in [0.2, 0.25) is 5.15 Å². The molecule has 5 heteroatoms. The van der Waals surface area contributed by atoms with Crippen molar-refractivity contribution in [1.82, 2.24) is 10.3 Å². The molecule has 1 amide bonds. The number of aromatic nitrogens is 1. The Morgan fingerprint density at radius 3 is 2.75 bits per heavy atom. The van der Waals surface area contributed by atoms with Crippen LogP contribution in [0.5, 0.6) is 0 Å². The van der Waals surface area contributed by atoms with Gasteiger partial charge in [-0.15, -0.1) is 0 Å². The van der Waals surface area contributed by atoms with Crippen LogP contribution in [0.4, 0.5) is 0 Å². The third-order valence-electron chi connectivity index (χ3n) is 3.75. The summed E-state index contributed by atoms with van der Waals surface area (Å²) < 4.78 is 5.21. The van der Waals surface area contributed by atoms with Crippen molar-refractivity contribution in [3.8, 4) is 0 Å². The molecule has 1 fully saturated rings. The molecule has 1 heterocycles. The third kappa shape index (κ3) is 2.37. The summed E-state index contributed by atoms with van der Waals surface area (Å²) in [5, 5.41) is 5.05. The number of hydrogen-bond acceptors (Lipinski definition) is 3. The molecule has 3 rings (SSSR count). The third-order valence-corrected chi connectivity index (χ3v) is 4.06. The van der Waals surface area contributed by atoms with Crippen molar-refractivity contribution in [2.75, 3.05) is 7.11 Å². The van der Waals surface area contributed by atoms with Crippen molar-refractivity contribution in [3.05, 3.63) is 41.2 Å². The van der Waals surface area contributed by atoms with Gasteiger partial charge in [0.25, 0.3) is 5.91 Å². The van der Waals surface area contributed by atoms with Gasteiger partial charge in [-0.2, -0.15) is 0 Å². The summed E-state index contributed by atoms with van der Waals surface area (Å²) in [7, 11) is 1.69. The average Bonchev–Trinajstić information content (AvgIpc) is 2.43. The van der Waals surface area contributed by atoms with E-state index < -0.39 is 0 Å². The Morgan fingerprint density at radius 2 is 2.05 bits per heavy atom. The van der Waals surface area contributed by atoms with Gasteiger partial charge >= 0.3 is 0 Å². The Bertz CT molecular complexity index is 653. The zero-order valence-electron chi connectivity index (χ0n) is 11.1. The predicted molar refractivity (Wildman–Crippen MR) is 78.0 cm³/mol. The maximum absolute atomic E-state index is 12.3. The van der Waals surface area contributed by atoms with E-state index in [0.29, 0.717) is 10.7 Å². The fourth-order valence-corrected chi connectivity index (χ4v) is 2.69. The highest BCUT2D eigenvalue weighted by atomic mass is 35.5. The monoisotopic (exact) mass is 290 g/mol. The SMILES string of the molecule is COC1CC(NC(=O)c2cnc(Cl)c3ccccc23)C1. The number of ether oxygens (including phenoxy) is 1. The molecule has 0 unspecified atom stereocenters. The molecule has 4 nitrogen and oxygen atoms in total. The zero-order valence-corrected chi connectivity index (χ0v) is 11.9. The summed E-state index contributed by atoms with van der Waals surface area (Å²) in [6.45, 7) is 0. The summed E-state index contributed by atoms with van der Waals surface area (Å²) in [6, 6.07) is 7.70. The average molecular weight is 291 g/mol. The second kappa shape index (κ2) is 5.38. The number of rotatable bonds is 3. The normalized spacial score (nSPS) is 21.5. The molecule has 1 saturated carbocycles. The largest absolute Gasteiger partial charge is 0.381 e. The number of methoxy groups -OCH3 is 1. The molecule has 0 spiro atoms. The smallest absolute Gasteiger partial charge is 0.253 e. The molecule has 1 aliphatic rings. The van der Waals surface area contributed by atoms with E-state index in [1.165, 1.54) is 6.20 Å². The van der Waals surface area contributed by atoms with Crippen LogP contribution in [0.15, 0.2) is 30.5 Å². The number of carbonyl (C=O) groups is 1. The molecule has 20 heavy (non-hydrogen) atoms. The maximum Gasteiger partial charge on any atom is 0.253 e. The lowest BCUT2D eigenvalue weighted by Gasteiger charge is -2.34. The molecule has 1 aliphatic carbocycles. The van der Waals surface area contributed by atoms with Crippen LogP contribution in [0, 0.1) is 0 Å². The molecule has 1 aromatic heterocycles. The second-order valence-electron chi connectivity index (χ2n) is 5.01. The van der Waals surface area contributed by atoms with Gasteiger partial charge in [0.2, 0.25) is 0 Å². The highest BCUT2D eigenvalue weighted by molar-refractivity contribution is 6.34. The van der Waals surface area contributed by atoms with Crippen molar-refractivity contribution in [3.63, 3.8) is 0 Å². The standard InChI is InChI=1S/C15H15ClN2O2/c1-20-10-6-9(7-10)18-15(19)13-8-17-14(16)12-5-3-2-4-11(12)13/h2-5,8-10H,6-7H2,1H3,(H,18,19). The van der Waals surface area contributed by atoms with Gasteiger partial charge < -0.3 is 10.1 Å². The summed E-state index contributed by atoms with van der Waals surface area (Å²) in [5.41, 5.74) is 0.561. The Morgan fingerprint density at radius 1 is 1.35 bits per heavy atom. The molecular weight excluding hydrogens is 276 g/mol. The summed E-state index contributed by atoms with van der Waals surface area (Å²) in [6.07, 6.45) is 3.52. The van der Waals surface area contributed by atoms with Gasteiger partial charge in [0.05, 0.1) is 11.7 Å². The van der Waals surface area contributed by atoms with Gasteiger partial charge in [-0.1, -0.05) is 35.9 Å². The minimum Gasteiger partial charge on any atom is -0.381 e. The first-order valence-electron chi connectivity index (χ1n) is 6.56. The van der Waals surface area contributed by atoms with Crippen LogP contribution in [-0.2, 0) is 4.74 Å². The minimum absolute atomic E-state index is 0.107. The number of hydrogen-bond donors (Lipinski definition) is 1. The predicted octanol–water partition coefficient (Wildman–Crippen LogP) is 2.80. The lowest BCUT2D eigenvalue weighted by Crippen LogP contribution is -2.47. The van der Waals surface area contributed by atoms with Gasteiger partial charge in [0, 0.05) is 24.7 Å². The van der Waals surface area contributed by atoms with Gasteiger partial charge in [-0.25, -0.2) is 4.98 Å². The van der Waals surface area contributed by atoms with E-state index >= 15 is 0 Å². The highest BCUT2D eigenvalue weighted by Gasteiger charge is 2.30. The molecule has 1 N–H and O–H groups in total. The van der Waals surface area contributed by atoms with E-state index in [1.807, 2.05) is 24.3 Å². The molecule has 0 saturated heterocycles. The van der Waals surface area contributed by atoms with Crippen molar-refractivity contribution in [2.24, 2.45) is 0 Å². The number of nitrogens with one attached hydrogen (secondary N) is 1. The molecule has 104 valence electrons. The van der Waals surface area contributed by atoms with E-state index in [2.05, 4.69) is 10.3 Å². The van der Waals surface area contributed by atoms with Crippen molar-refractivity contribution < 1.29 is 9.53 Å². The summed E-state index contributed by atoms with van der Waals surface area (Å²) >= 11 is 6.06. The van der Waals surface area contributed by atoms with E-state index in [0.717, 1.165) is 23.6 Å². The van der Waals surface area contributed by atoms with Gasteiger partial charge in [0.15, 0.2) is 0 Å². The van der Waals surface area contributed by atoms with Gasteiger partial charge in [0.1, 0.15) is 5.15 Å². The van der Waals surface area contributed by atoms with Crippen LogP contribution in [0.25, 0.3) is 10.8 Å². The molecule has 2 aromatic rings. The Kier molecular flexibility index (Phi) is 3.59. The topological polar surface area (TPSA) is 51.2 Å². The van der Waals surface area contributed by atoms with Gasteiger partial charge in [-0.05, 0) is 18.2 Å². The second-order valence-corrected chi connectivity index (χ2v) is 5.37. The number of pyridine rings is 1. The molecule has 0 radical (unpaired) electrons.